The van der Waals surface area contributed by atoms with E-state index in [4.69, 9.17) is 4.74 Å². The van der Waals surface area contributed by atoms with Crippen LogP contribution in [-0.4, -0.2) is 65.6 Å². The van der Waals surface area contributed by atoms with E-state index in [1.165, 1.54) is 0 Å². The molecule has 0 fully saturated rings. The Morgan fingerprint density at radius 1 is 1.00 bits per heavy atom. The standard InChI is InChI=1S/C30H34N2O4/c1-21-17-32(22(2)19-33)30(35)27-16-10-9-15-26(27)25-14-8-7-13-24(25)20-36-28(21)18-31(3)29(34)23-11-5-4-6-12-23/h4-16,21-22,28,33H,17-20H2,1-3H3/t21-,22-,28-/m1/s1. The van der Waals surface area contributed by atoms with Gasteiger partial charge in [0.15, 0.2) is 0 Å². The minimum atomic E-state index is -0.367. The Labute approximate surface area is 213 Å². The van der Waals surface area contributed by atoms with Crippen LogP contribution in [0.1, 0.15) is 40.1 Å². The van der Waals surface area contributed by atoms with Gasteiger partial charge in [-0.25, -0.2) is 0 Å². The average Bonchev–Trinajstić information content (AvgIpc) is 2.94. The van der Waals surface area contributed by atoms with Crippen molar-refractivity contribution < 1.29 is 19.4 Å². The lowest BCUT2D eigenvalue weighted by molar-refractivity contribution is -0.0209. The molecule has 1 heterocycles. The molecule has 1 N–H and O–H groups in total. The van der Waals surface area contributed by atoms with Gasteiger partial charge in [0.25, 0.3) is 11.8 Å². The molecule has 0 aromatic heterocycles. The van der Waals surface area contributed by atoms with Crippen molar-refractivity contribution in [3.05, 3.63) is 95.6 Å². The molecular weight excluding hydrogens is 452 g/mol. The highest BCUT2D eigenvalue weighted by Crippen LogP contribution is 2.31. The predicted molar refractivity (Wildman–Crippen MR) is 141 cm³/mol. The largest absolute Gasteiger partial charge is 0.394 e. The van der Waals surface area contributed by atoms with Crippen molar-refractivity contribution in [1.82, 2.24) is 9.80 Å². The molecule has 3 atom stereocenters. The summed E-state index contributed by atoms with van der Waals surface area (Å²) in [4.78, 5) is 30.3. The van der Waals surface area contributed by atoms with E-state index < -0.39 is 0 Å². The van der Waals surface area contributed by atoms with Gasteiger partial charge in [-0.05, 0) is 41.8 Å². The van der Waals surface area contributed by atoms with E-state index in [0.717, 1.165) is 16.7 Å². The molecule has 0 aliphatic carbocycles. The number of carbonyl (C=O) groups is 2. The van der Waals surface area contributed by atoms with Crippen LogP contribution >= 0.6 is 0 Å². The van der Waals surface area contributed by atoms with Crippen LogP contribution in [0.25, 0.3) is 11.1 Å². The van der Waals surface area contributed by atoms with Gasteiger partial charge in [-0.3, -0.25) is 9.59 Å². The molecule has 3 aromatic carbocycles. The highest BCUT2D eigenvalue weighted by atomic mass is 16.5. The van der Waals surface area contributed by atoms with Crippen molar-refractivity contribution in [1.29, 1.82) is 0 Å². The maximum absolute atomic E-state index is 13.9. The number of benzene rings is 3. The topological polar surface area (TPSA) is 70.1 Å². The summed E-state index contributed by atoms with van der Waals surface area (Å²) in [5.74, 6) is -0.292. The number of carbonyl (C=O) groups excluding carboxylic acids is 2. The summed E-state index contributed by atoms with van der Waals surface area (Å²) >= 11 is 0. The van der Waals surface area contributed by atoms with Crippen LogP contribution in [0.15, 0.2) is 78.9 Å². The number of aliphatic hydroxyl groups excluding tert-OH is 1. The number of aliphatic hydroxyl groups is 1. The van der Waals surface area contributed by atoms with Crippen LogP contribution in [0.4, 0.5) is 0 Å². The third-order valence-electron chi connectivity index (χ3n) is 6.92. The molecule has 36 heavy (non-hydrogen) atoms. The van der Waals surface area contributed by atoms with Crippen molar-refractivity contribution in [3.63, 3.8) is 0 Å². The SMILES string of the molecule is C[C@@H]1CN([C@H](C)CO)C(=O)c2ccccc2-c2ccccc2CO[C@@H]1CN(C)C(=O)c1ccccc1. The van der Waals surface area contributed by atoms with E-state index in [-0.39, 0.29) is 36.5 Å². The second-order valence-corrected chi connectivity index (χ2v) is 9.57. The molecule has 6 nitrogen and oxygen atoms in total. The summed E-state index contributed by atoms with van der Waals surface area (Å²) < 4.78 is 6.49. The fraction of sp³-hybridized carbons (Fsp3) is 0.333. The van der Waals surface area contributed by atoms with Crippen LogP contribution in [0.2, 0.25) is 0 Å². The van der Waals surface area contributed by atoms with Gasteiger partial charge in [0.1, 0.15) is 0 Å². The van der Waals surface area contributed by atoms with Gasteiger partial charge in [0.05, 0.1) is 25.4 Å². The number of hydrogen-bond acceptors (Lipinski definition) is 4. The first-order valence-corrected chi connectivity index (χ1v) is 12.4. The molecule has 0 saturated carbocycles. The van der Waals surface area contributed by atoms with E-state index >= 15 is 0 Å². The third kappa shape index (κ3) is 5.50. The van der Waals surface area contributed by atoms with Gasteiger partial charge < -0.3 is 19.6 Å². The number of likely N-dealkylation sites (N-methyl/N-ethyl adjacent to an activating group) is 1. The molecule has 2 amide bonds. The highest BCUT2D eigenvalue weighted by molar-refractivity contribution is 6.01. The summed E-state index contributed by atoms with van der Waals surface area (Å²) in [6, 6.07) is 24.4. The second-order valence-electron chi connectivity index (χ2n) is 9.57. The zero-order valence-corrected chi connectivity index (χ0v) is 21.1. The lowest BCUT2D eigenvalue weighted by Crippen LogP contribution is -2.47. The Morgan fingerprint density at radius 3 is 2.31 bits per heavy atom. The van der Waals surface area contributed by atoms with E-state index in [2.05, 4.69) is 0 Å². The van der Waals surface area contributed by atoms with Crippen LogP contribution in [0, 0.1) is 5.92 Å². The molecule has 0 unspecified atom stereocenters. The Kier molecular flexibility index (Phi) is 8.18. The maximum atomic E-state index is 13.9. The lowest BCUT2D eigenvalue weighted by Gasteiger charge is -2.35. The quantitative estimate of drug-likeness (QED) is 0.577. The van der Waals surface area contributed by atoms with Gasteiger partial charge in [-0.1, -0.05) is 67.6 Å². The minimum absolute atomic E-state index is 0.0785. The zero-order valence-electron chi connectivity index (χ0n) is 21.1. The Balaban J connectivity index is 1.71. The average molecular weight is 487 g/mol. The number of hydrogen-bond donors (Lipinski definition) is 1. The normalized spacial score (nSPS) is 19.0. The second kappa shape index (κ2) is 11.5. The summed E-state index contributed by atoms with van der Waals surface area (Å²) in [6.07, 6.45) is -0.321. The molecule has 0 saturated heterocycles. The number of fused-ring (bicyclic) bond motifs is 3. The maximum Gasteiger partial charge on any atom is 0.254 e. The van der Waals surface area contributed by atoms with Gasteiger partial charge in [-0.15, -0.1) is 0 Å². The smallest absolute Gasteiger partial charge is 0.254 e. The molecular formula is C30H34N2O4. The highest BCUT2D eigenvalue weighted by Gasteiger charge is 2.31. The number of ether oxygens (including phenoxy) is 1. The molecule has 0 bridgehead atoms. The number of rotatable bonds is 5. The Hall–Kier alpha value is -3.48. The fourth-order valence-electron chi connectivity index (χ4n) is 4.71. The molecule has 188 valence electrons. The van der Waals surface area contributed by atoms with Gasteiger partial charge in [0, 0.05) is 37.2 Å². The summed E-state index contributed by atoms with van der Waals surface area (Å²) in [5, 5.41) is 9.97. The van der Waals surface area contributed by atoms with E-state index in [1.807, 2.05) is 80.6 Å². The van der Waals surface area contributed by atoms with Gasteiger partial charge in [0.2, 0.25) is 0 Å². The van der Waals surface area contributed by atoms with E-state index in [0.29, 0.717) is 30.8 Å². The monoisotopic (exact) mass is 486 g/mol. The Bertz CT molecular complexity index is 1200. The van der Waals surface area contributed by atoms with Crippen molar-refractivity contribution in [2.75, 3.05) is 26.7 Å². The van der Waals surface area contributed by atoms with Crippen molar-refractivity contribution >= 4 is 11.8 Å². The van der Waals surface area contributed by atoms with Crippen LogP contribution in [0.3, 0.4) is 0 Å². The Morgan fingerprint density at radius 2 is 1.61 bits per heavy atom. The van der Waals surface area contributed by atoms with Crippen LogP contribution in [0.5, 0.6) is 0 Å². The molecule has 0 spiro atoms. The van der Waals surface area contributed by atoms with Gasteiger partial charge in [-0.2, -0.15) is 0 Å². The summed E-state index contributed by atoms with van der Waals surface area (Å²) in [5.41, 5.74) is 4.00. The van der Waals surface area contributed by atoms with Crippen LogP contribution < -0.4 is 0 Å². The van der Waals surface area contributed by atoms with Crippen molar-refractivity contribution in [3.8, 4) is 11.1 Å². The third-order valence-corrected chi connectivity index (χ3v) is 6.92. The first-order chi connectivity index (χ1) is 17.4. The number of amides is 2. The molecule has 1 aliphatic heterocycles. The summed E-state index contributed by atoms with van der Waals surface area (Å²) in [7, 11) is 1.78. The molecule has 0 radical (unpaired) electrons. The summed E-state index contributed by atoms with van der Waals surface area (Å²) in [6.45, 7) is 4.86. The van der Waals surface area contributed by atoms with Crippen LogP contribution in [-0.2, 0) is 11.3 Å². The lowest BCUT2D eigenvalue weighted by atomic mass is 9.94. The molecule has 6 heteroatoms. The molecule has 1 aliphatic rings. The number of nitrogens with zero attached hydrogens (tertiary/aromatic N) is 2. The first kappa shape index (κ1) is 25.6. The minimum Gasteiger partial charge on any atom is -0.394 e. The predicted octanol–water partition coefficient (Wildman–Crippen LogP) is 4.48. The van der Waals surface area contributed by atoms with Crippen molar-refractivity contribution in [2.24, 2.45) is 5.92 Å². The molecule has 3 aromatic rings. The van der Waals surface area contributed by atoms with Gasteiger partial charge >= 0.3 is 0 Å². The van der Waals surface area contributed by atoms with Crippen molar-refractivity contribution in [2.45, 2.75) is 32.6 Å². The van der Waals surface area contributed by atoms with E-state index in [1.54, 1.807) is 29.0 Å². The first-order valence-electron chi connectivity index (χ1n) is 12.4. The zero-order chi connectivity index (χ0) is 25.7. The van der Waals surface area contributed by atoms with E-state index in [9.17, 15) is 14.7 Å². The fourth-order valence-corrected chi connectivity index (χ4v) is 4.71. The molecule has 4 rings (SSSR count).